The lowest BCUT2D eigenvalue weighted by Gasteiger charge is -2.32. The van der Waals surface area contributed by atoms with Gasteiger partial charge in [-0.15, -0.1) is 0 Å². The van der Waals surface area contributed by atoms with Gasteiger partial charge in [0.15, 0.2) is 0 Å². The highest BCUT2D eigenvalue weighted by Crippen LogP contribution is 2.30. The van der Waals surface area contributed by atoms with Gasteiger partial charge >= 0.3 is 6.09 Å². The van der Waals surface area contributed by atoms with Crippen LogP contribution in [0, 0.1) is 18.8 Å². The molecule has 1 amide bonds. The molecule has 1 saturated heterocycles. The molecule has 5 nitrogen and oxygen atoms in total. The average Bonchev–Trinajstić information content (AvgIpc) is 3.11. The summed E-state index contributed by atoms with van der Waals surface area (Å²) in [6, 6.07) is 4.47. The van der Waals surface area contributed by atoms with Crippen LogP contribution in [0.2, 0.25) is 0 Å². The van der Waals surface area contributed by atoms with E-state index in [0.29, 0.717) is 13.1 Å². The molecule has 1 heterocycles. The van der Waals surface area contributed by atoms with Gasteiger partial charge in [0.05, 0.1) is 0 Å². The second-order valence-corrected chi connectivity index (χ2v) is 8.25. The maximum atomic E-state index is 12.4. The molecule has 1 aromatic carbocycles. The fraction of sp³-hybridized carbons (Fsp3) is 0.609. The Morgan fingerprint density at radius 3 is 2.64 bits per heavy atom. The first kappa shape index (κ1) is 22.1. The lowest BCUT2D eigenvalue weighted by atomic mass is 9.99. The molecule has 0 aliphatic carbocycles. The van der Waals surface area contributed by atoms with Gasteiger partial charge < -0.3 is 19.6 Å². The molecule has 1 aliphatic rings. The molecule has 5 heteroatoms. The van der Waals surface area contributed by atoms with E-state index in [1.807, 2.05) is 25.7 Å². The Bertz CT molecular complexity index is 756. The number of ether oxygens (including phenoxy) is 1. The van der Waals surface area contributed by atoms with Gasteiger partial charge in [-0.1, -0.05) is 18.8 Å². The lowest BCUT2D eigenvalue weighted by Crippen LogP contribution is -2.41. The van der Waals surface area contributed by atoms with E-state index in [-0.39, 0.29) is 18.7 Å². The smallest absolute Gasteiger partial charge is 0.410 e. The number of hydrogen-bond donors (Lipinski definition) is 1. The number of aliphatic hydroxyl groups is 1. The van der Waals surface area contributed by atoms with Crippen LogP contribution in [-0.2, 0) is 11.2 Å². The molecule has 28 heavy (non-hydrogen) atoms. The Hall–Kier alpha value is -2.19. The number of rotatable bonds is 4. The van der Waals surface area contributed by atoms with Crippen molar-refractivity contribution in [3.8, 4) is 11.8 Å². The third-order valence-corrected chi connectivity index (χ3v) is 5.09. The molecule has 0 aromatic heterocycles. The van der Waals surface area contributed by atoms with E-state index in [2.05, 4.69) is 49.6 Å². The normalized spacial score (nSPS) is 16.5. The predicted octanol–water partition coefficient (Wildman–Crippen LogP) is 3.74. The van der Waals surface area contributed by atoms with Crippen molar-refractivity contribution >= 4 is 11.8 Å². The largest absolute Gasteiger partial charge is 0.444 e. The van der Waals surface area contributed by atoms with Gasteiger partial charge in [0.2, 0.25) is 0 Å². The van der Waals surface area contributed by atoms with Crippen LogP contribution >= 0.6 is 0 Å². The summed E-state index contributed by atoms with van der Waals surface area (Å²) in [6.07, 6.45) is 1.61. The van der Waals surface area contributed by atoms with Crippen LogP contribution in [0.5, 0.6) is 0 Å². The molecule has 1 unspecified atom stereocenters. The van der Waals surface area contributed by atoms with Gasteiger partial charge in [-0.05, 0) is 70.7 Å². The fourth-order valence-electron chi connectivity index (χ4n) is 3.75. The molecule has 0 saturated carbocycles. The number of aliphatic hydroxyl groups excluding tert-OH is 1. The minimum absolute atomic E-state index is 0.143. The molecule has 1 fully saturated rings. The molecule has 1 aliphatic heterocycles. The Balaban J connectivity index is 2.27. The van der Waals surface area contributed by atoms with E-state index >= 15 is 0 Å². The summed E-state index contributed by atoms with van der Waals surface area (Å²) in [4.78, 5) is 16.6. The summed E-state index contributed by atoms with van der Waals surface area (Å²) < 4.78 is 5.54. The van der Waals surface area contributed by atoms with Gasteiger partial charge in [0.25, 0.3) is 0 Å². The second kappa shape index (κ2) is 9.34. The van der Waals surface area contributed by atoms with E-state index in [1.165, 1.54) is 16.8 Å². The molecular weight excluding hydrogens is 352 g/mol. The topological polar surface area (TPSA) is 53.0 Å². The van der Waals surface area contributed by atoms with Crippen molar-refractivity contribution in [2.24, 2.45) is 0 Å². The van der Waals surface area contributed by atoms with Crippen molar-refractivity contribution in [1.82, 2.24) is 4.90 Å². The molecule has 2 rings (SSSR count). The summed E-state index contributed by atoms with van der Waals surface area (Å²) in [7, 11) is 0. The molecule has 0 bridgehead atoms. The van der Waals surface area contributed by atoms with Crippen molar-refractivity contribution < 1.29 is 14.6 Å². The number of nitrogens with zero attached hydrogens (tertiary/aromatic N) is 2. The van der Waals surface area contributed by atoms with Crippen LogP contribution in [0.4, 0.5) is 10.5 Å². The molecular formula is C23H34N2O3. The number of benzene rings is 1. The minimum atomic E-state index is -0.480. The van der Waals surface area contributed by atoms with Gasteiger partial charge in [-0.2, -0.15) is 0 Å². The maximum Gasteiger partial charge on any atom is 0.410 e. The number of amides is 1. The molecule has 0 spiro atoms. The highest BCUT2D eigenvalue weighted by atomic mass is 16.6. The van der Waals surface area contributed by atoms with Gasteiger partial charge in [-0.3, -0.25) is 0 Å². The summed E-state index contributed by atoms with van der Waals surface area (Å²) in [5.74, 6) is 5.80. The summed E-state index contributed by atoms with van der Waals surface area (Å²) in [5.41, 5.74) is 4.13. The zero-order valence-corrected chi connectivity index (χ0v) is 18.1. The average molecular weight is 387 g/mol. The van der Waals surface area contributed by atoms with Gasteiger partial charge in [0, 0.05) is 36.9 Å². The third-order valence-electron chi connectivity index (χ3n) is 5.09. The van der Waals surface area contributed by atoms with E-state index in [4.69, 9.17) is 9.84 Å². The Labute approximate surface area is 169 Å². The molecule has 1 aromatic rings. The summed E-state index contributed by atoms with van der Waals surface area (Å²) in [6.45, 7) is 14.2. The van der Waals surface area contributed by atoms with E-state index < -0.39 is 5.60 Å². The first-order chi connectivity index (χ1) is 13.2. The first-order valence-electron chi connectivity index (χ1n) is 10.2. The zero-order valence-electron chi connectivity index (χ0n) is 18.1. The summed E-state index contributed by atoms with van der Waals surface area (Å²) >= 11 is 0. The van der Waals surface area contributed by atoms with E-state index in [1.54, 1.807) is 0 Å². The Morgan fingerprint density at radius 2 is 2.07 bits per heavy atom. The van der Waals surface area contributed by atoms with Crippen molar-refractivity contribution in [2.75, 3.05) is 31.1 Å². The van der Waals surface area contributed by atoms with Crippen LogP contribution in [-0.4, -0.2) is 54.0 Å². The predicted molar refractivity (Wildman–Crippen MR) is 114 cm³/mol. The third kappa shape index (κ3) is 5.42. The quantitative estimate of drug-likeness (QED) is 0.801. The lowest BCUT2D eigenvalue weighted by molar-refractivity contribution is 0.0292. The molecule has 0 radical (unpaired) electrons. The van der Waals surface area contributed by atoms with Crippen LogP contribution in [0.25, 0.3) is 0 Å². The number of likely N-dealkylation sites (tertiary alicyclic amines) is 1. The van der Waals surface area contributed by atoms with E-state index in [0.717, 1.165) is 24.9 Å². The van der Waals surface area contributed by atoms with Crippen molar-refractivity contribution in [3.63, 3.8) is 0 Å². The molecule has 154 valence electrons. The van der Waals surface area contributed by atoms with Crippen molar-refractivity contribution in [2.45, 2.75) is 66.0 Å². The number of hydrogen-bond acceptors (Lipinski definition) is 4. The highest BCUT2D eigenvalue weighted by molar-refractivity contribution is 5.69. The number of carbonyl (C=O) groups is 1. The van der Waals surface area contributed by atoms with Crippen molar-refractivity contribution in [1.29, 1.82) is 0 Å². The van der Waals surface area contributed by atoms with Crippen molar-refractivity contribution in [3.05, 3.63) is 28.8 Å². The highest BCUT2D eigenvalue weighted by Gasteiger charge is 2.33. The minimum Gasteiger partial charge on any atom is -0.444 e. The Morgan fingerprint density at radius 1 is 1.36 bits per heavy atom. The molecule has 1 N–H and O–H groups in total. The first-order valence-corrected chi connectivity index (χ1v) is 10.2. The number of aryl methyl sites for hydroxylation is 1. The number of anilines is 1. The SMILES string of the molecule is CCc1cc(C#CCO)cc(N(CC)C2CCN(C(=O)OC(C)(C)C)C2)c1C. The maximum absolute atomic E-state index is 12.4. The standard InChI is InChI=1S/C23H34N2O3/c1-7-19-14-18(10-9-13-26)15-21(17(19)3)25(8-2)20-11-12-24(16-20)22(27)28-23(4,5)6/h14-15,20,26H,7-8,11-13,16H2,1-6H3. The summed E-state index contributed by atoms with van der Waals surface area (Å²) in [5, 5.41) is 9.03. The van der Waals surface area contributed by atoms with Gasteiger partial charge in [-0.25, -0.2) is 4.79 Å². The number of likely N-dealkylation sites (N-methyl/N-ethyl adjacent to an activating group) is 1. The van der Waals surface area contributed by atoms with Gasteiger partial charge in [0.1, 0.15) is 12.2 Å². The zero-order chi connectivity index (χ0) is 20.9. The molecule has 1 atom stereocenters. The van der Waals surface area contributed by atoms with Crippen LogP contribution in [0.3, 0.4) is 0 Å². The fourth-order valence-corrected chi connectivity index (χ4v) is 3.75. The van der Waals surface area contributed by atoms with Crippen LogP contribution in [0.15, 0.2) is 12.1 Å². The Kier molecular flexibility index (Phi) is 7.37. The van der Waals surface area contributed by atoms with Crippen LogP contribution in [0.1, 0.15) is 57.7 Å². The second-order valence-electron chi connectivity index (χ2n) is 8.25. The van der Waals surface area contributed by atoms with E-state index in [9.17, 15) is 4.79 Å². The monoisotopic (exact) mass is 386 g/mol. The van der Waals surface area contributed by atoms with Crippen LogP contribution < -0.4 is 4.90 Å². The number of carbonyl (C=O) groups excluding carboxylic acids is 1.